The van der Waals surface area contributed by atoms with Gasteiger partial charge < -0.3 is 10.4 Å². The van der Waals surface area contributed by atoms with E-state index in [4.69, 9.17) is 0 Å². The van der Waals surface area contributed by atoms with Crippen LogP contribution in [0.4, 0.5) is 18.9 Å². The summed E-state index contributed by atoms with van der Waals surface area (Å²) in [6, 6.07) is 10.5. The van der Waals surface area contributed by atoms with Crippen LogP contribution in [-0.4, -0.2) is 31.2 Å². The molecule has 0 aromatic heterocycles. The third-order valence-corrected chi connectivity index (χ3v) is 7.08. The Morgan fingerprint density at radius 3 is 2.42 bits per heavy atom. The number of nitrogens with one attached hydrogen (secondary N) is 2. The lowest BCUT2D eigenvalue weighted by atomic mass is 9.95. The SMILES string of the molecule is CC(NC(=O)C1CC1(C)c1ccc(SC(F)(F)F)cc1)c1ccc(NS(C)(=O)=O)c(CO)c1. The molecule has 2 aromatic rings. The molecule has 3 atom stereocenters. The molecule has 2 aromatic carbocycles. The summed E-state index contributed by atoms with van der Waals surface area (Å²) in [6.07, 6.45) is 1.59. The van der Waals surface area contributed by atoms with Gasteiger partial charge in [-0.25, -0.2) is 8.42 Å². The molecule has 33 heavy (non-hydrogen) atoms. The van der Waals surface area contributed by atoms with E-state index < -0.39 is 27.0 Å². The molecule has 1 amide bonds. The maximum absolute atomic E-state index is 12.8. The predicted octanol–water partition coefficient (Wildman–Crippen LogP) is 4.32. The molecule has 1 saturated carbocycles. The van der Waals surface area contributed by atoms with E-state index in [9.17, 15) is 31.5 Å². The number of hydrogen-bond donors (Lipinski definition) is 3. The van der Waals surface area contributed by atoms with Crippen LogP contribution in [0.1, 0.15) is 43.0 Å². The Morgan fingerprint density at radius 2 is 1.88 bits per heavy atom. The van der Waals surface area contributed by atoms with Crippen LogP contribution in [0.25, 0.3) is 0 Å². The summed E-state index contributed by atoms with van der Waals surface area (Å²) in [5, 5.41) is 12.5. The second-order valence-electron chi connectivity index (χ2n) is 8.43. The van der Waals surface area contributed by atoms with Crippen LogP contribution in [0.2, 0.25) is 0 Å². The average molecular weight is 503 g/mol. The molecule has 0 heterocycles. The highest BCUT2D eigenvalue weighted by molar-refractivity contribution is 8.00. The number of sulfonamides is 1. The van der Waals surface area contributed by atoms with E-state index in [1.54, 1.807) is 31.2 Å². The molecule has 6 nitrogen and oxygen atoms in total. The van der Waals surface area contributed by atoms with Gasteiger partial charge in [0.2, 0.25) is 15.9 Å². The fraction of sp³-hybridized carbons (Fsp3) is 0.409. The number of anilines is 1. The number of benzene rings is 2. The summed E-state index contributed by atoms with van der Waals surface area (Å²) in [7, 11) is -3.50. The third-order valence-electron chi connectivity index (χ3n) is 5.75. The fourth-order valence-electron chi connectivity index (χ4n) is 3.81. The fourth-order valence-corrected chi connectivity index (χ4v) is 4.95. The Hall–Kier alpha value is -2.24. The molecule has 1 aliphatic carbocycles. The Balaban J connectivity index is 1.66. The summed E-state index contributed by atoms with van der Waals surface area (Å²) in [5.74, 6) is -0.493. The molecule has 0 aliphatic heterocycles. The van der Waals surface area contributed by atoms with Crippen LogP contribution in [0.15, 0.2) is 47.4 Å². The molecular weight excluding hydrogens is 477 g/mol. The number of aliphatic hydroxyl groups excluding tert-OH is 1. The number of halogens is 3. The largest absolute Gasteiger partial charge is 0.446 e. The molecule has 3 unspecified atom stereocenters. The lowest BCUT2D eigenvalue weighted by molar-refractivity contribution is -0.123. The average Bonchev–Trinajstić information content (AvgIpc) is 3.39. The first-order valence-electron chi connectivity index (χ1n) is 10.1. The van der Waals surface area contributed by atoms with Crippen LogP contribution in [0.3, 0.4) is 0 Å². The van der Waals surface area contributed by atoms with E-state index in [0.717, 1.165) is 11.8 Å². The van der Waals surface area contributed by atoms with Gasteiger partial charge in [0.25, 0.3) is 0 Å². The van der Waals surface area contributed by atoms with Crippen molar-refractivity contribution in [3.63, 3.8) is 0 Å². The van der Waals surface area contributed by atoms with Crippen molar-refractivity contribution in [2.45, 2.75) is 48.7 Å². The number of amides is 1. The highest BCUT2D eigenvalue weighted by Crippen LogP contribution is 2.54. The number of alkyl halides is 3. The molecule has 0 spiro atoms. The van der Waals surface area contributed by atoms with Crippen molar-refractivity contribution in [2.24, 2.45) is 5.92 Å². The van der Waals surface area contributed by atoms with Gasteiger partial charge in [0.05, 0.1) is 24.6 Å². The Bertz CT molecular complexity index is 1140. The summed E-state index contributed by atoms with van der Waals surface area (Å²) in [5.41, 5.74) is -2.65. The number of carbonyl (C=O) groups excluding carboxylic acids is 1. The zero-order valence-corrected chi connectivity index (χ0v) is 19.9. The minimum atomic E-state index is -4.35. The summed E-state index contributed by atoms with van der Waals surface area (Å²) >= 11 is -0.175. The van der Waals surface area contributed by atoms with Crippen LogP contribution in [0.5, 0.6) is 0 Å². The lowest BCUT2D eigenvalue weighted by Gasteiger charge is -2.18. The normalized spacial score (nSPS) is 21.4. The minimum absolute atomic E-state index is 0.0959. The van der Waals surface area contributed by atoms with E-state index >= 15 is 0 Å². The van der Waals surface area contributed by atoms with Gasteiger partial charge in [-0.1, -0.05) is 25.1 Å². The molecule has 1 aliphatic rings. The van der Waals surface area contributed by atoms with Crippen molar-refractivity contribution in [1.29, 1.82) is 0 Å². The third kappa shape index (κ3) is 6.42. The number of rotatable bonds is 8. The van der Waals surface area contributed by atoms with Gasteiger partial charge in [0.1, 0.15) is 0 Å². The van der Waals surface area contributed by atoms with Crippen molar-refractivity contribution < 1.29 is 31.5 Å². The summed E-state index contributed by atoms with van der Waals surface area (Å²) < 4.78 is 62.9. The molecular formula is C22H25F3N2O4S2. The summed E-state index contributed by atoms with van der Waals surface area (Å²) in [4.78, 5) is 12.9. The zero-order valence-electron chi connectivity index (χ0n) is 18.2. The van der Waals surface area contributed by atoms with E-state index in [2.05, 4.69) is 10.0 Å². The van der Waals surface area contributed by atoms with Gasteiger partial charge in [-0.15, -0.1) is 0 Å². The smallest absolute Gasteiger partial charge is 0.392 e. The first kappa shape index (κ1) is 25.4. The van der Waals surface area contributed by atoms with E-state index in [1.807, 2.05) is 6.92 Å². The van der Waals surface area contributed by atoms with Crippen molar-refractivity contribution in [1.82, 2.24) is 5.32 Å². The van der Waals surface area contributed by atoms with Crippen molar-refractivity contribution in [3.8, 4) is 0 Å². The standard InChI is InChI=1S/C22H25F3N2O4S2/c1-13(14-4-9-19(15(10-14)12-28)27-33(3,30)31)26-20(29)18-11-21(18,2)16-5-7-17(8-6-16)32-22(23,24)25/h4-10,13,18,27-28H,11-12H2,1-3H3,(H,26,29). The van der Waals surface area contributed by atoms with Crippen LogP contribution in [-0.2, 0) is 26.8 Å². The molecule has 3 N–H and O–H groups in total. The van der Waals surface area contributed by atoms with Gasteiger partial charge >= 0.3 is 5.51 Å². The molecule has 11 heteroatoms. The second-order valence-corrected chi connectivity index (χ2v) is 11.3. The van der Waals surface area contributed by atoms with Crippen molar-refractivity contribution in [3.05, 3.63) is 59.2 Å². The first-order valence-corrected chi connectivity index (χ1v) is 12.8. The van der Waals surface area contributed by atoms with Crippen LogP contribution >= 0.6 is 11.8 Å². The topological polar surface area (TPSA) is 95.5 Å². The van der Waals surface area contributed by atoms with Gasteiger partial charge in [-0.3, -0.25) is 9.52 Å². The Morgan fingerprint density at radius 1 is 1.24 bits per heavy atom. The molecule has 180 valence electrons. The molecule has 0 saturated heterocycles. The van der Waals surface area contributed by atoms with Gasteiger partial charge in [0.15, 0.2) is 0 Å². The zero-order chi connectivity index (χ0) is 24.6. The molecule has 0 radical (unpaired) electrons. The predicted molar refractivity (Wildman–Crippen MR) is 121 cm³/mol. The molecule has 0 bridgehead atoms. The number of carbonyl (C=O) groups is 1. The maximum Gasteiger partial charge on any atom is 0.446 e. The molecule has 3 rings (SSSR count). The van der Waals surface area contributed by atoms with Gasteiger partial charge in [-0.05, 0) is 60.5 Å². The maximum atomic E-state index is 12.8. The van der Waals surface area contributed by atoms with Crippen LogP contribution in [0, 0.1) is 5.92 Å². The number of aliphatic hydroxyl groups is 1. The first-order chi connectivity index (χ1) is 15.2. The quantitative estimate of drug-likeness (QED) is 0.468. The summed E-state index contributed by atoms with van der Waals surface area (Å²) in [6.45, 7) is 3.31. The Labute approximate surface area is 195 Å². The Kier molecular flexibility index (Phi) is 7.07. The highest BCUT2D eigenvalue weighted by atomic mass is 32.2. The minimum Gasteiger partial charge on any atom is -0.392 e. The van der Waals surface area contributed by atoms with Crippen molar-refractivity contribution >= 4 is 33.4 Å². The van der Waals surface area contributed by atoms with Crippen molar-refractivity contribution in [2.75, 3.05) is 11.0 Å². The molecule has 1 fully saturated rings. The highest BCUT2D eigenvalue weighted by Gasteiger charge is 2.55. The second kappa shape index (κ2) is 9.19. The monoisotopic (exact) mass is 502 g/mol. The van der Waals surface area contributed by atoms with E-state index in [1.165, 1.54) is 18.2 Å². The van der Waals surface area contributed by atoms with Crippen LogP contribution < -0.4 is 10.0 Å². The number of hydrogen-bond acceptors (Lipinski definition) is 5. The number of thioether (sulfide) groups is 1. The van der Waals surface area contributed by atoms with Gasteiger partial charge in [-0.2, -0.15) is 13.2 Å². The van der Waals surface area contributed by atoms with Gasteiger partial charge in [0, 0.05) is 21.8 Å². The lowest BCUT2D eigenvalue weighted by Crippen LogP contribution is -2.30. The van der Waals surface area contributed by atoms with E-state index in [0.29, 0.717) is 17.5 Å². The van der Waals surface area contributed by atoms with E-state index in [-0.39, 0.29) is 40.8 Å².